The second-order valence-corrected chi connectivity index (χ2v) is 6.93. The molecule has 25 heavy (non-hydrogen) atoms. The molecule has 1 N–H and O–H groups in total. The highest BCUT2D eigenvalue weighted by atomic mass is 35.5. The van der Waals surface area contributed by atoms with Crippen LogP contribution in [-0.4, -0.2) is 67.6 Å². The molecule has 2 aliphatic heterocycles. The fourth-order valence-corrected chi connectivity index (χ4v) is 3.80. The first-order chi connectivity index (χ1) is 11.6. The molecule has 1 atom stereocenters. The number of rotatable bonds is 5. The van der Waals surface area contributed by atoms with E-state index in [0.29, 0.717) is 19.2 Å². The van der Waals surface area contributed by atoms with Crippen LogP contribution >= 0.6 is 12.4 Å². The number of piperidine rings is 1. The van der Waals surface area contributed by atoms with Gasteiger partial charge in [-0.3, -0.25) is 9.69 Å². The first kappa shape index (κ1) is 20.0. The Bertz CT molecular complexity index is 562. The lowest BCUT2D eigenvalue weighted by Crippen LogP contribution is -2.57. The largest absolute Gasteiger partial charge is 0.492 e. The molecule has 3 rings (SSSR count). The molecule has 5 nitrogen and oxygen atoms in total. The van der Waals surface area contributed by atoms with E-state index in [0.717, 1.165) is 51.3 Å². The highest BCUT2D eigenvalue weighted by Crippen LogP contribution is 2.22. The van der Waals surface area contributed by atoms with Gasteiger partial charge in [0.2, 0.25) is 5.91 Å². The Morgan fingerprint density at radius 2 is 2.00 bits per heavy atom. The predicted octanol–water partition coefficient (Wildman–Crippen LogP) is 2.00. The minimum absolute atomic E-state index is 0. The van der Waals surface area contributed by atoms with Crippen molar-refractivity contribution < 1.29 is 9.53 Å². The molecule has 2 heterocycles. The van der Waals surface area contributed by atoms with Crippen molar-refractivity contribution in [2.45, 2.75) is 32.7 Å². The van der Waals surface area contributed by atoms with Crippen molar-refractivity contribution in [2.24, 2.45) is 0 Å². The van der Waals surface area contributed by atoms with E-state index in [-0.39, 0.29) is 18.3 Å². The van der Waals surface area contributed by atoms with Crippen molar-refractivity contribution in [3.63, 3.8) is 0 Å². The van der Waals surface area contributed by atoms with E-state index in [1.54, 1.807) is 0 Å². The molecule has 1 amide bonds. The van der Waals surface area contributed by atoms with Crippen molar-refractivity contribution in [3.8, 4) is 5.75 Å². The van der Waals surface area contributed by atoms with Gasteiger partial charge < -0.3 is 15.0 Å². The maximum atomic E-state index is 12.1. The first-order valence-corrected chi connectivity index (χ1v) is 9.06. The van der Waals surface area contributed by atoms with E-state index in [1.165, 1.54) is 11.1 Å². The Labute approximate surface area is 157 Å². The fourth-order valence-electron chi connectivity index (χ4n) is 3.80. The van der Waals surface area contributed by atoms with Crippen molar-refractivity contribution in [1.29, 1.82) is 0 Å². The van der Waals surface area contributed by atoms with Crippen molar-refractivity contribution in [2.75, 3.05) is 45.9 Å². The van der Waals surface area contributed by atoms with E-state index in [1.807, 2.05) is 0 Å². The molecule has 0 aliphatic carbocycles. The monoisotopic (exact) mass is 367 g/mol. The molecule has 140 valence electrons. The van der Waals surface area contributed by atoms with Crippen LogP contribution in [0.25, 0.3) is 0 Å². The maximum Gasteiger partial charge on any atom is 0.236 e. The third-order valence-electron chi connectivity index (χ3n) is 5.11. The number of piperazine rings is 1. The van der Waals surface area contributed by atoms with Gasteiger partial charge in [-0.15, -0.1) is 12.4 Å². The Morgan fingerprint density at radius 3 is 2.72 bits per heavy atom. The molecule has 0 spiro atoms. The Morgan fingerprint density at radius 1 is 1.24 bits per heavy atom. The summed E-state index contributed by atoms with van der Waals surface area (Å²) in [5.41, 5.74) is 2.39. The molecular formula is C19H30ClN3O2. The minimum Gasteiger partial charge on any atom is -0.492 e. The van der Waals surface area contributed by atoms with Crippen LogP contribution in [-0.2, 0) is 4.79 Å². The summed E-state index contributed by atoms with van der Waals surface area (Å²) >= 11 is 0. The number of benzene rings is 1. The summed E-state index contributed by atoms with van der Waals surface area (Å²) in [5, 5.41) is 3.15. The molecule has 0 aromatic heterocycles. The number of carbonyl (C=O) groups excluding carboxylic acids is 1. The summed E-state index contributed by atoms with van der Waals surface area (Å²) in [4.78, 5) is 16.6. The molecule has 1 unspecified atom stereocenters. The molecule has 0 radical (unpaired) electrons. The summed E-state index contributed by atoms with van der Waals surface area (Å²) in [6.45, 7) is 10.1. The summed E-state index contributed by atoms with van der Waals surface area (Å²) in [6, 6.07) is 6.62. The molecule has 2 fully saturated rings. The van der Waals surface area contributed by atoms with E-state index in [4.69, 9.17) is 4.74 Å². The van der Waals surface area contributed by atoms with Gasteiger partial charge in [-0.1, -0.05) is 18.2 Å². The maximum absolute atomic E-state index is 12.1. The van der Waals surface area contributed by atoms with E-state index in [2.05, 4.69) is 47.2 Å². The third-order valence-corrected chi connectivity index (χ3v) is 5.11. The molecule has 6 heteroatoms. The molecule has 1 aromatic rings. The number of halogens is 1. The van der Waals surface area contributed by atoms with Crippen molar-refractivity contribution in [1.82, 2.24) is 15.1 Å². The SMILES string of the molecule is Cc1cccc(C)c1OCCN1CCCC(N2CCNCC2=O)C1.Cl. The normalized spacial score (nSPS) is 21.8. The zero-order valence-corrected chi connectivity index (χ0v) is 16.1. The number of likely N-dealkylation sites (tertiary alicyclic amines) is 1. The second kappa shape index (κ2) is 9.41. The number of para-hydroxylation sites is 1. The van der Waals surface area contributed by atoms with Crippen molar-refractivity contribution >= 4 is 18.3 Å². The van der Waals surface area contributed by atoms with Crippen LogP contribution in [0.4, 0.5) is 0 Å². The number of nitrogens with zero attached hydrogens (tertiary/aromatic N) is 2. The Balaban J connectivity index is 0.00000225. The predicted molar refractivity (Wildman–Crippen MR) is 103 cm³/mol. The van der Waals surface area contributed by atoms with E-state index in [9.17, 15) is 4.79 Å². The zero-order chi connectivity index (χ0) is 16.9. The fraction of sp³-hybridized carbons (Fsp3) is 0.632. The van der Waals surface area contributed by atoms with Gasteiger partial charge in [0, 0.05) is 32.2 Å². The van der Waals surface area contributed by atoms with E-state index >= 15 is 0 Å². The standard InChI is InChI=1S/C19H29N3O2.ClH/c1-15-5-3-6-16(2)19(15)24-12-11-21-9-4-7-17(14-21)22-10-8-20-13-18(22)23;/h3,5-6,17,20H,4,7-14H2,1-2H3;1H. The molecular weight excluding hydrogens is 338 g/mol. The summed E-state index contributed by atoms with van der Waals surface area (Å²) in [5.74, 6) is 1.27. The summed E-state index contributed by atoms with van der Waals surface area (Å²) in [6.07, 6.45) is 2.28. The van der Waals surface area contributed by atoms with Gasteiger partial charge in [-0.2, -0.15) is 0 Å². The smallest absolute Gasteiger partial charge is 0.236 e. The number of ether oxygens (including phenoxy) is 1. The van der Waals surface area contributed by atoms with Gasteiger partial charge in [0.25, 0.3) is 0 Å². The number of nitrogens with one attached hydrogen (secondary N) is 1. The van der Waals surface area contributed by atoms with Crippen LogP contribution in [0.3, 0.4) is 0 Å². The van der Waals surface area contributed by atoms with E-state index < -0.39 is 0 Å². The highest BCUT2D eigenvalue weighted by Gasteiger charge is 2.29. The lowest BCUT2D eigenvalue weighted by atomic mass is 10.0. The molecule has 2 aliphatic rings. The average molecular weight is 368 g/mol. The molecule has 2 saturated heterocycles. The van der Waals surface area contributed by atoms with Gasteiger partial charge >= 0.3 is 0 Å². The number of aryl methyl sites for hydroxylation is 2. The molecule has 0 bridgehead atoms. The van der Waals surface area contributed by atoms with Crippen molar-refractivity contribution in [3.05, 3.63) is 29.3 Å². The number of hydrogen-bond donors (Lipinski definition) is 1. The van der Waals surface area contributed by atoms with Gasteiger partial charge in [0.15, 0.2) is 0 Å². The lowest BCUT2D eigenvalue weighted by Gasteiger charge is -2.41. The van der Waals surface area contributed by atoms with Crippen LogP contribution in [0.2, 0.25) is 0 Å². The Hall–Kier alpha value is -1.30. The van der Waals surface area contributed by atoms with Crippen LogP contribution in [0.15, 0.2) is 18.2 Å². The highest BCUT2D eigenvalue weighted by molar-refractivity contribution is 5.85. The number of amides is 1. The summed E-state index contributed by atoms with van der Waals surface area (Å²) in [7, 11) is 0. The number of hydrogen-bond acceptors (Lipinski definition) is 4. The van der Waals surface area contributed by atoms with Crippen LogP contribution in [0, 0.1) is 13.8 Å². The Kier molecular flexibility index (Phi) is 7.54. The van der Waals surface area contributed by atoms with Gasteiger partial charge in [-0.05, 0) is 44.4 Å². The quantitative estimate of drug-likeness (QED) is 0.864. The zero-order valence-electron chi connectivity index (χ0n) is 15.3. The van der Waals surface area contributed by atoms with Gasteiger partial charge in [0.1, 0.15) is 12.4 Å². The van der Waals surface area contributed by atoms with Gasteiger partial charge in [-0.25, -0.2) is 0 Å². The van der Waals surface area contributed by atoms with Crippen LogP contribution < -0.4 is 10.1 Å². The molecule has 1 aromatic carbocycles. The third kappa shape index (κ3) is 5.09. The van der Waals surface area contributed by atoms with Gasteiger partial charge in [0.05, 0.1) is 6.54 Å². The van der Waals surface area contributed by atoms with Crippen LogP contribution in [0.1, 0.15) is 24.0 Å². The van der Waals surface area contributed by atoms with Crippen LogP contribution in [0.5, 0.6) is 5.75 Å². The average Bonchev–Trinajstić information content (AvgIpc) is 2.58. The summed E-state index contributed by atoms with van der Waals surface area (Å²) < 4.78 is 6.04. The molecule has 0 saturated carbocycles. The number of carbonyl (C=O) groups is 1. The lowest BCUT2D eigenvalue weighted by molar-refractivity contribution is -0.135. The minimum atomic E-state index is 0. The first-order valence-electron chi connectivity index (χ1n) is 9.06. The topological polar surface area (TPSA) is 44.8 Å². The second-order valence-electron chi connectivity index (χ2n) is 6.93.